The van der Waals surface area contributed by atoms with E-state index in [4.69, 9.17) is 4.74 Å². The highest BCUT2D eigenvalue weighted by Crippen LogP contribution is 2.09. The zero-order valence-corrected chi connectivity index (χ0v) is 11.1. The maximum Gasteiger partial charge on any atom is 0.397 e. The van der Waals surface area contributed by atoms with Crippen molar-refractivity contribution in [1.29, 1.82) is 0 Å². The molecule has 0 aliphatic carbocycles. The van der Waals surface area contributed by atoms with E-state index >= 15 is 0 Å². The van der Waals surface area contributed by atoms with Crippen molar-refractivity contribution < 1.29 is 14.3 Å². The van der Waals surface area contributed by atoms with Crippen molar-refractivity contribution in [1.82, 2.24) is 4.90 Å². The van der Waals surface area contributed by atoms with Gasteiger partial charge in [-0.15, -0.1) is 0 Å². The second-order valence-electron chi connectivity index (χ2n) is 4.23. The fourth-order valence-corrected chi connectivity index (χ4v) is 1.58. The molecule has 0 aliphatic rings. The van der Waals surface area contributed by atoms with Gasteiger partial charge in [0.05, 0.1) is 6.61 Å². The van der Waals surface area contributed by atoms with Crippen molar-refractivity contribution >= 4 is 11.9 Å². The van der Waals surface area contributed by atoms with Crippen LogP contribution in [0.1, 0.15) is 26.3 Å². The largest absolute Gasteiger partial charge is 0.459 e. The lowest BCUT2D eigenvalue weighted by Crippen LogP contribution is -2.41. The van der Waals surface area contributed by atoms with E-state index in [9.17, 15) is 9.59 Å². The molecule has 0 radical (unpaired) electrons. The minimum atomic E-state index is -0.790. The summed E-state index contributed by atoms with van der Waals surface area (Å²) in [5.41, 5.74) is 0.990. The fraction of sp³-hybridized carbons (Fsp3) is 0.429. The summed E-state index contributed by atoms with van der Waals surface area (Å²) in [6.45, 7) is 6.06. The Balaban J connectivity index is 2.77. The molecule has 0 N–H and O–H groups in total. The van der Waals surface area contributed by atoms with Crippen LogP contribution in [0.15, 0.2) is 30.3 Å². The Hall–Kier alpha value is -1.84. The predicted octanol–water partition coefficient (Wildman–Crippen LogP) is 1.99. The fourth-order valence-electron chi connectivity index (χ4n) is 1.58. The first-order valence-corrected chi connectivity index (χ1v) is 6.08. The molecule has 4 heteroatoms. The lowest BCUT2D eigenvalue weighted by atomic mass is 10.2. The van der Waals surface area contributed by atoms with Crippen molar-refractivity contribution in [3.8, 4) is 0 Å². The van der Waals surface area contributed by atoms with E-state index in [0.717, 1.165) is 5.56 Å². The van der Waals surface area contributed by atoms with E-state index in [1.807, 2.05) is 44.2 Å². The number of hydrogen-bond donors (Lipinski definition) is 0. The molecule has 0 heterocycles. The smallest absolute Gasteiger partial charge is 0.397 e. The van der Waals surface area contributed by atoms with Crippen LogP contribution >= 0.6 is 0 Å². The van der Waals surface area contributed by atoms with Gasteiger partial charge in [-0.25, -0.2) is 4.79 Å². The Morgan fingerprint density at radius 3 is 2.33 bits per heavy atom. The van der Waals surface area contributed by atoms with Gasteiger partial charge in [-0.2, -0.15) is 0 Å². The summed E-state index contributed by atoms with van der Waals surface area (Å²) in [7, 11) is 0. The van der Waals surface area contributed by atoms with Crippen LogP contribution in [-0.2, 0) is 20.9 Å². The van der Waals surface area contributed by atoms with Gasteiger partial charge in [0.15, 0.2) is 0 Å². The van der Waals surface area contributed by atoms with Crippen LogP contribution in [0.3, 0.4) is 0 Å². The first-order valence-electron chi connectivity index (χ1n) is 6.08. The van der Waals surface area contributed by atoms with Gasteiger partial charge in [-0.3, -0.25) is 4.79 Å². The maximum atomic E-state index is 11.9. The molecule has 0 atom stereocenters. The summed E-state index contributed by atoms with van der Waals surface area (Å²) in [6, 6.07) is 9.52. The molecule has 0 fully saturated rings. The van der Waals surface area contributed by atoms with Crippen LogP contribution in [0.25, 0.3) is 0 Å². The molecule has 0 aliphatic heterocycles. The maximum absolute atomic E-state index is 11.9. The monoisotopic (exact) mass is 249 g/mol. The third-order valence-electron chi connectivity index (χ3n) is 2.53. The molecule has 1 aromatic rings. The number of amides is 1. The number of esters is 1. The number of benzene rings is 1. The zero-order chi connectivity index (χ0) is 13.5. The normalized spacial score (nSPS) is 10.2. The average molecular weight is 249 g/mol. The summed E-state index contributed by atoms with van der Waals surface area (Å²) in [6.07, 6.45) is 0. The number of carbonyl (C=O) groups is 2. The van der Waals surface area contributed by atoms with Gasteiger partial charge < -0.3 is 9.64 Å². The Labute approximate surface area is 108 Å². The van der Waals surface area contributed by atoms with Gasteiger partial charge in [0, 0.05) is 12.6 Å². The number of ether oxygens (including phenoxy) is 1. The molecule has 1 amide bonds. The molecule has 1 rings (SSSR count). The third kappa shape index (κ3) is 3.87. The highest BCUT2D eigenvalue weighted by Gasteiger charge is 2.25. The van der Waals surface area contributed by atoms with Crippen LogP contribution in [0, 0.1) is 0 Å². The van der Waals surface area contributed by atoms with Crippen LogP contribution in [0.5, 0.6) is 0 Å². The van der Waals surface area contributed by atoms with E-state index in [1.54, 1.807) is 6.92 Å². The summed E-state index contributed by atoms with van der Waals surface area (Å²) in [4.78, 5) is 24.9. The van der Waals surface area contributed by atoms with Crippen LogP contribution in [0.2, 0.25) is 0 Å². The summed E-state index contributed by atoms with van der Waals surface area (Å²) >= 11 is 0. The van der Waals surface area contributed by atoms with Gasteiger partial charge in [0.1, 0.15) is 0 Å². The highest BCUT2D eigenvalue weighted by molar-refractivity contribution is 6.32. The van der Waals surface area contributed by atoms with Crippen molar-refractivity contribution in [3.63, 3.8) is 0 Å². The first-order chi connectivity index (χ1) is 8.56. The van der Waals surface area contributed by atoms with E-state index in [1.165, 1.54) is 4.90 Å². The van der Waals surface area contributed by atoms with Crippen molar-refractivity contribution in [3.05, 3.63) is 35.9 Å². The van der Waals surface area contributed by atoms with E-state index in [2.05, 4.69) is 0 Å². The average Bonchev–Trinajstić information content (AvgIpc) is 2.36. The van der Waals surface area contributed by atoms with E-state index in [-0.39, 0.29) is 12.6 Å². The number of carbonyl (C=O) groups excluding carboxylic acids is 2. The Morgan fingerprint density at radius 2 is 1.83 bits per heavy atom. The molecule has 0 bridgehead atoms. The topological polar surface area (TPSA) is 46.6 Å². The Morgan fingerprint density at radius 1 is 1.22 bits per heavy atom. The summed E-state index contributed by atoms with van der Waals surface area (Å²) < 4.78 is 4.74. The highest BCUT2D eigenvalue weighted by atomic mass is 16.5. The molecule has 0 aromatic heterocycles. The molecule has 0 spiro atoms. The SMILES string of the molecule is CCOC(=O)C(=O)N(Cc1ccccc1)C(C)C. The van der Waals surface area contributed by atoms with Gasteiger partial charge in [-0.1, -0.05) is 30.3 Å². The van der Waals surface area contributed by atoms with Gasteiger partial charge in [-0.05, 0) is 26.3 Å². The van der Waals surface area contributed by atoms with E-state index in [0.29, 0.717) is 6.54 Å². The van der Waals surface area contributed by atoms with Gasteiger partial charge >= 0.3 is 11.9 Å². The minimum absolute atomic E-state index is 0.0536. The molecule has 0 saturated heterocycles. The van der Waals surface area contributed by atoms with Crippen molar-refractivity contribution in [2.24, 2.45) is 0 Å². The second kappa shape index (κ2) is 6.79. The Bertz CT molecular complexity index is 401. The Kier molecular flexibility index (Phi) is 5.36. The van der Waals surface area contributed by atoms with Gasteiger partial charge in [0.25, 0.3) is 0 Å². The molecule has 0 unspecified atom stereocenters. The quantitative estimate of drug-likeness (QED) is 0.605. The van der Waals surface area contributed by atoms with E-state index < -0.39 is 11.9 Å². The molecule has 4 nitrogen and oxygen atoms in total. The zero-order valence-electron chi connectivity index (χ0n) is 11.1. The van der Waals surface area contributed by atoms with Crippen LogP contribution < -0.4 is 0 Å². The summed E-state index contributed by atoms with van der Waals surface area (Å²) in [5.74, 6) is -1.38. The molecule has 18 heavy (non-hydrogen) atoms. The molecular formula is C14H19NO3. The molecular weight excluding hydrogens is 230 g/mol. The van der Waals surface area contributed by atoms with Crippen LogP contribution in [0.4, 0.5) is 0 Å². The van der Waals surface area contributed by atoms with Gasteiger partial charge in [0.2, 0.25) is 0 Å². The third-order valence-corrected chi connectivity index (χ3v) is 2.53. The standard InChI is InChI=1S/C14H19NO3/c1-4-18-14(17)13(16)15(11(2)3)10-12-8-6-5-7-9-12/h5-9,11H,4,10H2,1-3H3. The second-order valence-corrected chi connectivity index (χ2v) is 4.23. The molecule has 1 aromatic carbocycles. The van der Waals surface area contributed by atoms with Crippen molar-refractivity contribution in [2.75, 3.05) is 6.61 Å². The van der Waals surface area contributed by atoms with Crippen molar-refractivity contribution in [2.45, 2.75) is 33.4 Å². The molecule has 98 valence electrons. The number of hydrogen-bond acceptors (Lipinski definition) is 3. The first kappa shape index (κ1) is 14.2. The lowest BCUT2D eigenvalue weighted by Gasteiger charge is -2.25. The molecule has 0 saturated carbocycles. The predicted molar refractivity (Wildman–Crippen MR) is 68.8 cm³/mol. The number of rotatable bonds is 4. The van der Waals surface area contributed by atoms with Crippen LogP contribution in [-0.4, -0.2) is 29.4 Å². The minimum Gasteiger partial charge on any atom is -0.459 e. The summed E-state index contributed by atoms with van der Waals surface area (Å²) in [5, 5.41) is 0. The number of nitrogens with zero attached hydrogens (tertiary/aromatic N) is 1. The lowest BCUT2D eigenvalue weighted by molar-refractivity contribution is -0.161.